The third-order valence-corrected chi connectivity index (χ3v) is 4.52. The average molecular weight is 314 g/mol. The first-order chi connectivity index (χ1) is 9.94. The molecule has 0 saturated heterocycles. The van der Waals surface area contributed by atoms with E-state index in [1.807, 2.05) is 0 Å². The molecule has 0 amide bonds. The van der Waals surface area contributed by atoms with Crippen LogP contribution in [-0.4, -0.2) is 35.1 Å². The monoisotopic (exact) mass is 314 g/mol. The van der Waals surface area contributed by atoms with Gasteiger partial charge in [0, 0.05) is 18.3 Å². The summed E-state index contributed by atoms with van der Waals surface area (Å²) in [6, 6.07) is 2.37. The highest BCUT2D eigenvalue weighted by molar-refractivity contribution is 7.89. The topological polar surface area (TPSA) is 97.1 Å². The Labute approximate surface area is 121 Å². The Bertz CT molecular complexity index is 716. The molecule has 1 aromatic carbocycles. The molecule has 0 aliphatic rings. The van der Waals surface area contributed by atoms with Crippen molar-refractivity contribution in [3.8, 4) is 0 Å². The van der Waals surface area contributed by atoms with Crippen LogP contribution in [0.25, 0.3) is 0 Å². The van der Waals surface area contributed by atoms with Crippen molar-refractivity contribution >= 4 is 10.0 Å². The lowest BCUT2D eigenvalue weighted by molar-refractivity contribution is 0.281. The Morgan fingerprint density at radius 1 is 1.43 bits per heavy atom. The van der Waals surface area contributed by atoms with Gasteiger partial charge in [0.05, 0.1) is 24.2 Å². The molecule has 0 aliphatic carbocycles. The molecule has 2 N–H and O–H groups in total. The van der Waals surface area contributed by atoms with Crippen molar-refractivity contribution in [2.24, 2.45) is 0 Å². The fourth-order valence-corrected chi connectivity index (χ4v) is 3.12. The number of benzene rings is 1. The third-order valence-electron chi connectivity index (χ3n) is 2.93. The lowest BCUT2D eigenvalue weighted by Gasteiger charge is -2.11. The van der Waals surface area contributed by atoms with Gasteiger partial charge >= 0.3 is 0 Å². The summed E-state index contributed by atoms with van der Waals surface area (Å²) < 4.78 is 41.9. The van der Waals surface area contributed by atoms with Crippen LogP contribution in [0.5, 0.6) is 0 Å². The van der Waals surface area contributed by atoms with Crippen molar-refractivity contribution in [2.75, 3.05) is 6.54 Å². The van der Waals surface area contributed by atoms with Crippen molar-refractivity contribution < 1.29 is 17.9 Å². The molecule has 0 radical (unpaired) electrons. The van der Waals surface area contributed by atoms with Crippen LogP contribution in [0.15, 0.2) is 29.4 Å². The van der Waals surface area contributed by atoms with Crippen LogP contribution in [0.3, 0.4) is 0 Å². The predicted molar refractivity (Wildman–Crippen MR) is 72.3 cm³/mol. The summed E-state index contributed by atoms with van der Waals surface area (Å²) in [4.78, 5) is -0.176. The lowest BCUT2D eigenvalue weighted by Crippen LogP contribution is -2.28. The quantitative estimate of drug-likeness (QED) is 0.794. The summed E-state index contributed by atoms with van der Waals surface area (Å²) in [5.41, 5.74) is 0.218. The van der Waals surface area contributed by atoms with Gasteiger partial charge in [-0.3, -0.25) is 4.68 Å². The zero-order chi connectivity index (χ0) is 15.5. The van der Waals surface area contributed by atoms with Gasteiger partial charge in [0.1, 0.15) is 5.82 Å². The summed E-state index contributed by atoms with van der Waals surface area (Å²) in [5, 5.41) is 16.4. The highest BCUT2D eigenvalue weighted by atomic mass is 32.2. The highest BCUT2D eigenvalue weighted by Crippen LogP contribution is 2.20. The van der Waals surface area contributed by atoms with Crippen molar-refractivity contribution in [1.29, 1.82) is 0 Å². The fourth-order valence-electron chi connectivity index (χ4n) is 1.80. The standard InChI is InChI=1S/C12H15FN4O3S/c1-9-11(13)6-10(8-18)7-12(9)21(19,20)15-3-5-17-4-2-14-16-17/h2,4,6-7,15,18H,3,5,8H2,1H3. The maximum atomic E-state index is 13.7. The van der Waals surface area contributed by atoms with Gasteiger partial charge in [-0.25, -0.2) is 17.5 Å². The van der Waals surface area contributed by atoms with Gasteiger partial charge in [-0.2, -0.15) is 0 Å². The maximum absolute atomic E-state index is 13.7. The molecule has 0 spiro atoms. The van der Waals surface area contributed by atoms with Crippen molar-refractivity contribution in [1.82, 2.24) is 19.7 Å². The Morgan fingerprint density at radius 3 is 2.81 bits per heavy atom. The molecule has 1 aromatic heterocycles. The Morgan fingerprint density at radius 2 is 2.19 bits per heavy atom. The second-order valence-electron chi connectivity index (χ2n) is 4.42. The van der Waals surface area contributed by atoms with Gasteiger partial charge in [-0.15, -0.1) is 5.10 Å². The second kappa shape index (κ2) is 6.29. The largest absolute Gasteiger partial charge is 0.392 e. The summed E-state index contributed by atoms with van der Waals surface area (Å²) in [7, 11) is -3.86. The van der Waals surface area contributed by atoms with Crippen molar-refractivity contribution in [3.63, 3.8) is 0 Å². The molecular formula is C12H15FN4O3S. The van der Waals surface area contributed by atoms with Gasteiger partial charge < -0.3 is 5.11 Å². The van der Waals surface area contributed by atoms with Crippen LogP contribution >= 0.6 is 0 Å². The number of aliphatic hydroxyl groups excluding tert-OH is 1. The second-order valence-corrected chi connectivity index (χ2v) is 6.16. The number of aromatic nitrogens is 3. The summed E-state index contributed by atoms with van der Waals surface area (Å²) in [6.45, 7) is 1.34. The van der Waals surface area contributed by atoms with Gasteiger partial charge in [-0.05, 0) is 24.6 Å². The Hall–Kier alpha value is -1.84. The van der Waals surface area contributed by atoms with Crippen LogP contribution in [0.4, 0.5) is 4.39 Å². The minimum absolute atomic E-state index is 0.0143. The van der Waals surface area contributed by atoms with Crippen LogP contribution in [0.2, 0.25) is 0 Å². The van der Waals surface area contributed by atoms with E-state index in [4.69, 9.17) is 5.11 Å². The molecule has 0 fully saturated rings. The summed E-state index contributed by atoms with van der Waals surface area (Å²) in [6.07, 6.45) is 3.09. The Balaban J connectivity index is 2.17. The van der Waals surface area contributed by atoms with Crippen LogP contribution in [-0.2, 0) is 23.2 Å². The van der Waals surface area contributed by atoms with Gasteiger partial charge in [-0.1, -0.05) is 5.21 Å². The lowest BCUT2D eigenvalue weighted by atomic mass is 10.1. The van der Waals surface area contributed by atoms with E-state index in [1.54, 1.807) is 6.20 Å². The number of aliphatic hydroxyl groups is 1. The number of rotatable bonds is 6. The molecule has 7 nitrogen and oxygen atoms in total. The SMILES string of the molecule is Cc1c(F)cc(CO)cc1S(=O)(=O)NCCn1ccnn1. The molecule has 0 bridgehead atoms. The van der Waals surface area contributed by atoms with Crippen molar-refractivity contribution in [2.45, 2.75) is 25.0 Å². The van der Waals surface area contributed by atoms with E-state index in [0.29, 0.717) is 6.54 Å². The number of nitrogens with zero attached hydrogens (tertiary/aromatic N) is 3. The number of nitrogens with one attached hydrogen (secondary N) is 1. The van der Waals surface area contributed by atoms with Crippen LogP contribution in [0.1, 0.15) is 11.1 Å². The highest BCUT2D eigenvalue weighted by Gasteiger charge is 2.19. The van der Waals surface area contributed by atoms with E-state index in [2.05, 4.69) is 15.0 Å². The normalized spacial score (nSPS) is 11.8. The molecule has 114 valence electrons. The first-order valence-electron chi connectivity index (χ1n) is 6.17. The van der Waals surface area contributed by atoms with Gasteiger partial charge in [0.15, 0.2) is 0 Å². The van der Waals surface area contributed by atoms with E-state index < -0.39 is 22.4 Å². The Kier molecular flexibility index (Phi) is 4.66. The van der Waals surface area contributed by atoms with Gasteiger partial charge in [0.25, 0.3) is 0 Å². The van der Waals surface area contributed by atoms with Crippen LogP contribution in [0, 0.1) is 12.7 Å². The molecule has 0 saturated carbocycles. The summed E-state index contributed by atoms with van der Waals surface area (Å²) in [5.74, 6) is -0.668. The van der Waals surface area contributed by atoms with E-state index >= 15 is 0 Å². The minimum atomic E-state index is -3.86. The zero-order valence-electron chi connectivity index (χ0n) is 11.3. The number of hydrogen-bond acceptors (Lipinski definition) is 5. The molecule has 21 heavy (non-hydrogen) atoms. The average Bonchev–Trinajstić information content (AvgIpc) is 2.94. The van der Waals surface area contributed by atoms with E-state index in [1.165, 1.54) is 23.9 Å². The molecule has 0 unspecified atom stereocenters. The predicted octanol–water partition coefficient (Wildman–Crippen LogP) is 0.196. The molecular weight excluding hydrogens is 299 g/mol. The zero-order valence-corrected chi connectivity index (χ0v) is 12.1. The first kappa shape index (κ1) is 15.5. The molecule has 0 aliphatic heterocycles. The number of halogens is 1. The third kappa shape index (κ3) is 3.63. The van der Waals surface area contributed by atoms with Crippen molar-refractivity contribution in [3.05, 3.63) is 41.5 Å². The molecule has 0 atom stereocenters. The van der Waals surface area contributed by atoms with Crippen LogP contribution < -0.4 is 4.72 Å². The fraction of sp³-hybridized carbons (Fsp3) is 0.333. The molecule has 1 heterocycles. The van der Waals surface area contributed by atoms with Gasteiger partial charge in [0.2, 0.25) is 10.0 Å². The van der Waals surface area contributed by atoms with E-state index in [-0.39, 0.29) is 22.6 Å². The number of sulfonamides is 1. The number of hydrogen-bond donors (Lipinski definition) is 2. The molecule has 9 heteroatoms. The van der Waals surface area contributed by atoms with E-state index in [0.717, 1.165) is 6.07 Å². The summed E-state index contributed by atoms with van der Waals surface area (Å²) >= 11 is 0. The first-order valence-corrected chi connectivity index (χ1v) is 7.66. The van der Waals surface area contributed by atoms with E-state index in [9.17, 15) is 12.8 Å². The minimum Gasteiger partial charge on any atom is -0.392 e. The maximum Gasteiger partial charge on any atom is 0.241 e. The molecule has 2 aromatic rings. The molecule has 2 rings (SSSR count). The smallest absolute Gasteiger partial charge is 0.241 e.